The number of carboxylic acid groups (broad SMARTS) is 1. The largest absolute Gasteiger partial charge is 0.481 e. The predicted molar refractivity (Wildman–Crippen MR) is 117 cm³/mol. The monoisotopic (exact) mass is 430 g/mol. The molecule has 1 aromatic rings. The molecule has 0 aromatic heterocycles. The quantitative estimate of drug-likeness (QED) is 0.367. The van der Waals surface area contributed by atoms with E-state index in [9.17, 15) is 15.0 Å². The molecule has 3 N–H and O–H groups in total. The molecule has 0 amide bonds. The number of aliphatic carboxylic acids is 1. The van der Waals surface area contributed by atoms with Crippen molar-refractivity contribution in [1.29, 1.82) is 0 Å². The van der Waals surface area contributed by atoms with Gasteiger partial charge in [-0.25, -0.2) is 0 Å². The van der Waals surface area contributed by atoms with Crippen molar-refractivity contribution in [2.24, 2.45) is 11.8 Å². The van der Waals surface area contributed by atoms with Crippen LogP contribution in [0.15, 0.2) is 54.6 Å². The minimum Gasteiger partial charge on any atom is -0.481 e. The van der Waals surface area contributed by atoms with Crippen LogP contribution in [0.1, 0.15) is 44.1 Å². The Morgan fingerprint density at radius 3 is 2.55 bits per heavy atom. The number of benzene rings is 1. The van der Waals surface area contributed by atoms with Gasteiger partial charge in [0.1, 0.15) is 0 Å². The van der Waals surface area contributed by atoms with Crippen LogP contribution in [-0.4, -0.2) is 52.5 Å². The Hall–Kier alpha value is -1.99. The second kappa shape index (κ2) is 11.6. The summed E-state index contributed by atoms with van der Waals surface area (Å²) in [6.45, 7) is 1.08. The summed E-state index contributed by atoms with van der Waals surface area (Å²) in [7, 11) is 0. The summed E-state index contributed by atoms with van der Waals surface area (Å²) in [5.41, 5.74) is 1.22. The van der Waals surface area contributed by atoms with Gasteiger partial charge in [0, 0.05) is 25.2 Å². The molecule has 6 heteroatoms. The van der Waals surface area contributed by atoms with Gasteiger partial charge >= 0.3 is 5.97 Å². The molecule has 2 aliphatic rings. The normalized spacial score (nSPS) is 28.1. The average molecular weight is 431 g/mol. The smallest absolute Gasteiger partial charge is 0.303 e. The van der Waals surface area contributed by atoms with E-state index >= 15 is 0 Å². The Morgan fingerprint density at radius 1 is 1.10 bits per heavy atom. The van der Waals surface area contributed by atoms with Gasteiger partial charge in [-0.1, -0.05) is 48.6 Å². The van der Waals surface area contributed by atoms with E-state index in [0.717, 1.165) is 6.42 Å². The lowest BCUT2D eigenvalue weighted by molar-refractivity contribution is -0.137. The van der Waals surface area contributed by atoms with Crippen LogP contribution in [0.3, 0.4) is 0 Å². The molecule has 3 rings (SSSR count). The highest BCUT2D eigenvalue weighted by Gasteiger charge is 2.41. The molecule has 0 unspecified atom stereocenters. The molecule has 1 saturated heterocycles. The number of rotatable bonds is 11. The predicted octanol–water partition coefficient (Wildman–Crippen LogP) is 3.48. The van der Waals surface area contributed by atoms with Crippen molar-refractivity contribution in [1.82, 2.24) is 0 Å². The lowest BCUT2D eigenvalue weighted by Crippen LogP contribution is -2.29. The van der Waals surface area contributed by atoms with Crippen LogP contribution in [0, 0.1) is 11.8 Å². The third-order valence-corrected chi connectivity index (χ3v) is 6.21. The van der Waals surface area contributed by atoms with E-state index in [4.69, 9.17) is 14.6 Å². The first-order chi connectivity index (χ1) is 15.0. The zero-order valence-corrected chi connectivity index (χ0v) is 17.9. The van der Waals surface area contributed by atoms with Crippen LogP contribution in [0.5, 0.6) is 0 Å². The van der Waals surface area contributed by atoms with Gasteiger partial charge in [0.15, 0.2) is 5.79 Å². The van der Waals surface area contributed by atoms with Crippen LogP contribution in [0.4, 0.5) is 0 Å². The first kappa shape index (κ1) is 23.7. The third kappa shape index (κ3) is 7.01. The topological polar surface area (TPSA) is 96.2 Å². The summed E-state index contributed by atoms with van der Waals surface area (Å²) >= 11 is 0. The number of aliphatic hydroxyl groups excluding tert-OH is 2. The molecule has 4 atom stereocenters. The Kier molecular flexibility index (Phi) is 8.84. The standard InChI is InChI=1S/C25H34O6/c26-22-18-23(27)21(20(22)10-6-1-2-7-11-24(28)29)13-15-25(30-16-17-31-25)14-12-19-8-4-3-5-9-19/h1,3-6,8-9,13,15,20-23,26-27H,2,7,10-12,14,16-18H2,(H,28,29)/b6-1-,15-13+/t20-,21-,22-,23-/m1/s1. The second-order valence-corrected chi connectivity index (χ2v) is 8.46. The fourth-order valence-electron chi connectivity index (χ4n) is 4.46. The van der Waals surface area contributed by atoms with Gasteiger partial charge < -0.3 is 24.8 Å². The number of carbonyl (C=O) groups is 1. The van der Waals surface area contributed by atoms with Gasteiger partial charge in [-0.05, 0) is 43.2 Å². The second-order valence-electron chi connectivity index (χ2n) is 8.46. The lowest BCUT2D eigenvalue weighted by Gasteiger charge is -2.26. The van der Waals surface area contributed by atoms with Crippen molar-refractivity contribution >= 4 is 5.97 Å². The maximum atomic E-state index is 10.6. The highest BCUT2D eigenvalue weighted by Crippen LogP contribution is 2.38. The highest BCUT2D eigenvalue weighted by molar-refractivity contribution is 5.66. The Balaban J connectivity index is 1.59. The number of ether oxygens (including phenoxy) is 2. The lowest BCUT2D eigenvalue weighted by atomic mass is 9.89. The molecule has 1 aliphatic carbocycles. The molecule has 0 spiro atoms. The molecule has 6 nitrogen and oxygen atoms in total. The van der Waals surface area contributed by atoms with Crippen molar-refractivity contribution in [2.75, 3.05) is 13.2 Å². The number of allylic oxidation sites excluding steroid dienone is 2. The van der Waals surface area contributed by atoms with Crippen molar-refractivity contribution < 1.29 is 29.6 Å². The van der Waals surface area contributed by atoms with E-state index in [0.29, 0.717) is 45.3 Å². The van der Waals surface area contributed by atoms with Gasteiger partial charge in [-0.3, -0.25) is 4.79 Å². The number of carboxylic acids is 1. The fraction of sp³-hybridized carbons (Fsp3) is 0.560. The van der Waals surface area contributed by atoms with E-state index in [1.54, 1.807) is 0 Å². The first-order valence-electron chi connectivity index (χ1n) is 11.2. The Bertz CT molecular complexity index is 738. The SMILES string of the molecule is O=C(O)CCC/C=C\C[C@@H]1[C@@H](/C=C/C2(CCc3ccccc3)OCCO2)[C@H](O)C[C@H]1O. The van der Waals surface area contributed by atoms with Gasteiger partial charge in [0.05, 0.1) is 25.4 Å². The maximum absolute atomic E-state index is 10.6. The van der Waals surface area contributed by atoms with Crippen LogP contribution < -0.4 is 0 Å². The van der Waals surface area contributed by atoms with Crippen LogP contribution >= 0.6 is 0 Å². The molecular weight excluding hydrogens is 396 g/mol. The highest BCUT2D eigenvalue weighted by atomic mass is 16.7. The van der Waals surface area contributed by atoms with Crippen LogP contribution in [0.25, 0.3) is 0 Å². The fourth-order valence-corrected chi connectivity index (χ4v) is 4.46. The molecule has 1 heterocycles. The number of hydrogen-bond donors (Lipinski definition) is 3. The number of aliphatic hydroxyl groups is 2. The summed E-state index contributed by atoms with van der Waals surface area (Å²) in [4.78, 5) is 10.6. The van der Waals surface area contributed by atoms with Crippen LogP contribution in [-0.2, 0) is 20.7 Å². The molecule has 1 aromatic carbocycles. The zero-order valence-electron chi connectivity index (χ0n) is 17.9. The van der Waals surface area contributed by atoms with Crippen molar-refractivity contribution in [2.45, 2.75) is 62.9 Å². The summed E-state index contributed by atoms with van der Waals surface area (Å²) in [5.74, 6) is -1.85. The molecular formula is C25H34O6. The number of unbranched alkanes of at least 4 members (excludes halogenated alkanes) is 1. The van der Waals surface area contributed by atoms with Crippen molar-refractivity contribution in [3.8, 4) is 0 Å². The maximum Gasteiger partial charge on any atom is 0.303 e. The molecule has 0 radical (unpaired) electrons. The molecule has 0 bridgehead atoms. The van der Waals surface area contributed by atoms with E-state index in [1.807, 2.05) is 42.5 Å². The third-order valence-electron chi connectivity index (χ3n) is 6.21. The molecule has 31 heavy (non-hydrogen) atoms. The molecule has 2 fully saturated rings. The van der Waals surface area contributed by atoms with Crippen LogP contribution in [0.2, 0.25) is 0 Å². The molecule has 1 aliphatic heterocycles. The van der Waals surface area contributed by atoms with Gasteiger partial charge in [-0.2, -0.15) is 0 Å². The average Bonchev–Trinajstić information content (AvgIpc) is 3.32. The zero-order chi connectivity index (χ0) is 22.1. The van der Waals surface area contributed by atoms with Gasteiger partial charge in [0.2, 0.25) is 0 Å². The van der Waals surface area contributed by atoms with Crippen molar-refractivity contribution in [3.63, 3.8) is 0 Å². The minimum atomic E-state index is -0.791. The number of aryl methyl sites for hydroxylation is 1. The summed E-state index contributed by atoms with van der Waals surface area (Å²) in [6, 6.07) is 10.2. The summed E-state index contributed by atoms with van der Waals surface area (Å²) in [6.07, 6.45) is 10.6. The van der Waals surface area contributed by atoms with Gasteiger partial charge in [0.25, 0.3) is 0 Å². The van der Waals surface area contributed by atoms with E-state index in [2.05, 4.69) is 12.1 Å². The molecule has 170 valence electrons. The summed E-state index contributed by atoms with van der Waals surface area (Å²) < 4.78 is 11.9. The summed E-state index contributed by atoms with van der Waals surface area (Å²) in [5, 5.41) is 29.7. The van der Waals surface area contributed by atoms with E-state index < -0.39 is 24.0 Å². The minimum absolute atomic E-state index is 0.0884. The Morgan fingerprint density at radius 2 is 1.84 bits per heavy atom. The van der Waals surface area contributed by atoms with E-state index in [-0.39, 0.29) is 18.3 Å². The first-order valence-corrected chi connectivity index (χ1v) is 11.2. The Labute approximate surface area is 184 Å². The molecule has 1 saturated carbocycles. The van der Waals surface area contributed by atoms with E-state index in [1.165, 1.54) is 5.56 Å². The van der Waals surface area contributed by atoms with Crippen molar-refractivity contribution in [3.05, 3.63) is 60.2 Å². The number of hydrogen-bond acceptors (Lipinski definition) is 5. The van der Waals surface area contributed by atoms with Gasteiger partial charge in [-0.15, -0.1) is 0 Å².